The number of hydrogen-bond acceptors (Lipinski definition) is 1. The molecule has 19 heavy (non-hydrogen) atoms. The molecule has 2 rings (SSSR count). The first-order chi connectivity index (χ1) is 8.88. The summed E-state index contributed by atoms with van der Waals surface area (Å²) in [7, 11) is 0. The minimum absolute atomic E-state index is 0.582. The van der Waals surface area contributed by atoms with Crippen LogP contribution in [0.5, 0.6) is 0 Å². The van der Waals surface area contributed by atoms with Gasteiger partial charge in [0.2, 0.25) is 0 Å². The summed E-state index contributed by atoms with van der Waals surface area (Å²) in [6.45, 7) is 4.44. The van der Waals surface area contributed by atoms with E-state index in [1.165, 1.54) is 15.5 Å². The molecule has 0 aliphatic rings. The fourth-order valence-corrected chi connectivity index (χ4v) is 4.22. The van der Waals surface area contributed by atoms with Crippen LogP contribution in [-0.4, -0.2) is 18.3 Å². The van der Waals surface area contributed by atoms with Gasteiger partial charge in [-0.05, 0) is 0 Å². The van der Waals surface area contributed by atoms with E-state index in [-0.39, 0.29) is 0 Å². The molecule has 0 radical (unpaired) electrons. The molecule has 0 spiro atoms. The van der Waals surface area contributed by atoms with Gasteiger partial charge in [0.05, 0.1) is 0 Å². The number of aromatic nitrogens is 1. The Hall–Kier alpha value is -1.09. The van der Waals surface area contributed by atoms with E-state index < -0.39 is 13.3 Å². The van der Waals surface area contributed by atoms with Crippen LogP contribution in [0.4, 0.5) is 0 Å². The number of pyridine rings is 1. The molecule has 1 aromatic carbocycles. The Balaban J connectivity index is 2.27. The van der Waals surface area contributed by atoms with Crippen LogP contribution in [0.25, 0.3) is 11.3 Å². The van der Waals surface area contributed by atoms with E-state index in [2.05, 4.69) is 78.7 Å². The standard InChI is InChI=1S/C17H23GeN/c1-13(2)14-6-8-15(9-7-14)17-11-10-16(12-19-17)18(3,4)5/h6-13H,1-5H3. The Labute approximate surface area is 119 Å². The van der Waals surface area contributed by atoms with Crippen molar-refractivity contribution in [3.63, 3.8) is 0 Å². The first-order valence-corrected chi connectivity index (χ1v) is 14.3. The summed E-state index contributed by atoms with van der Waals surface area (Å²) in [4.78, 5) is 4.64. The van der Waals surface area contributed by atoms with Gasteiger partial charge in [-0.3, -0.25) is 0 Å². The van der Waals surface area contributed by atoms with E-state index in [0.29, 0.717) is 5.92 Å². The van der Waals surface area contributed by atoms with Gasteiger partial charge < -0.3 is 0 Å². The Morgan fingerprint density at radius 2 is 1.53 bits per heavy atom. The third-order valence-corrected chi connectivity index (χ3v) is 7.76. The molecule has 0 aliphatic heterocycles. The van der Waals surface area contributed by atoms with E-state index in [1.807, 2.05) is 0 Å². The summed E-state index contributed by atoms with van der Waals surface area (Å²) in [5.41, 5.74) is 3.66. The van der Waals surface area contributed by atoms with Crippen LogP contribution in [0.2, 0.25) is 17.3 Å². The quantitative estimate of drug-likeness (QED) is 0.765. The minimum atomic E-state index is -1.73. The monoisotopic (exact) mass is 315 g/mol. The molecule has 1 nitrogen and oxygen atoms in total. The van der Waals surface area contributed by atoms with Crippen LogP contribution in [0.3, 0.4) is 0 Å². The Kier molecular flexibility index (Phi) is 4.14. The molecule has 0 aliphatic carbocycles. The zero-order chi connectivity index (χ0) is 14.0. The molecule has 100 valence electrons. The number of benzene rings is 1. The van der Waals surface area contributed by atoms with Crippen molar-refractivity contribution < 1.29 is 0 Å². The SMILES string of the molecule is CC(C)c1ccc(-c2cc[c]([Ge]([CH3])([CH3])[CH3])cn2)cc1. The molecule has 2 heteroatoms. The van der Waals surface area contributed by atoms with Crippen molar-refractivity contribution in [3.8, 4) is 11.3 Å². The molecule has 0 saturated heterocycles. The third-order valence-electron chi connectivity index (χ3n) is 3.50. The first-order valence-electron chi connectivity index (χ1n) is 6.95. The Morgan fingerprint density at radius 3 is 1.95 bits per heavy atom. The molecule has 0 fully saturated rings. The van der Waals surface area contributed by atoms with Crippen molar-refractivity contribution in [3.05, 3.63) is 48.2 Å². The van der Waals surface area contributed by atoms with Gasteiger partial charge in [0.25, 0.3) is 0 Å². The molecule has 2 aromatic rings. The normalized spacial score (nSPS) is 11.9. The molecule has 0 unspecified atom stereocenters. The summed E-state index contributed by atoms with van der Waals surface area (Å²) in [6.07, 6.45) is 2.08. The predicted octanol–water partition coefficient (Wildman–Crippen LogP) is 4.42. The van der Waals surface area contributed by atoms with Crippen LogP contribution in [0.15, 0.2) is 42.6 Å². The maximum atomic E-state index is 4.64. The fraction of sp³-hybridized carbons (Fsp3) is 0.353. The zero-order valence-corrected chi connectivity index (χ0v) is 14.7. The van der Waals surface area contributed by atoms with Crippen LogP contribution < -0.4 is 4.40 Å². The molecule has 0 amide bonds. The van der Waals surface area contributed by atoms with Gasteiger partial charge in [0.15, 0.2) is 0 Å². The summed E-state index contributed by atoms with van der Waals surface area (Å²) in [5, 5.41) is 0. The van der Waals surface area contributed by atoms with Gasteiger partial charge in [-0.2, -0.15) is 0 Å². The van der Waals surface area contributed by atoms with Crippen molar-refractivity contribution in [2.75, 3.05) is 0 Å². The molecule has 0 N–H and O–H groups in total. The van der Waals surface area contributed by atoms with Gasteiger partial charge in [0, 0.05) is 0 Å². The van der Waals surface area contributed by atoms with E-state index in [4.69, 9.17) is 0 Å². The van der Waals surface area contributed by atoms with Crippen molar-refractivity contribution in [1.29, 1.82) is 0 Å². The van der Waals surface area contributed by atoms with E-state index in [9.17, 15) is 0 Å². The van der Waals surface area contributed by atoms with E-state index >= 15 is 0 Å². The van der Waals surface area contributed by atoms with Crippen LogP contribution in [0, 0.1) is 0 Å². The van der Waals surface area contributed by atoms with Crippen molar-refractivity contribution >= 4 is 17.7 Å². The molecule has 1 aromatic heterocycles. The summed E-state index contributed by atoms with van der Waals surface area (Å²) in [6, 6.07) is 13.2. The van der Waals surface area contributed by atoms with E-state index in [1.54, 1.807) is 0 Å². The maximum absolute atomic E-state index is 4.64. The van der Waals surface area contributed by atoms with Gasteiger partial charge >= 0.3 is 119 Å². The summed E-state index contributed by atoms with van der Waals surface area (Å²) in [5.74, 6) is 7.77. The number of nitrogens with zero attached hydrogens (tertiary/aromatic N) is 1. The molecular formula is C17H23GeN. The average molecular weight is 314 g/mol. The second-order valence-electron chi connectivity index (χ2n) is 6.46. The molecule has 0 saturated carbocycles. The first kappa shape index (κ1) is 14.3. The van der Waals surface area contributed by atoms with Gasteiger partial charge in [-0.15, -0.1) is 0 Å². The summed E-state index contributed by atoms with van der Waals surface area (Å²) < 4.78 is 1.46. The van der Waals surface area contributed by atoms with Crippen molar-refractivity contribution in [2.45, 2.75) is 37.0 Å². The Morgan fingerprint density at radius 1 is 0.895 bits per heavy atom. The number of hydrogen-bond donors (Lipinski definition) is 0. The van der Waals surface area contributed by atoms with Crippen LogP contribution in [-0.2, 0) is 0 Å². The second kappa shape index (κ2) is 5.50. The fourth-order valence-electron chi connectivity index (χ4n) is 2.05. The van der Waals surface area contributed by atoms with E-state index in [0.717, 1.165) is 5.69 Å². The molecule has 0 bridgehead atoms. The summed E-state index contributed by atoms with van der Waals surface area (Å²) >= 11 is -1.73. The van der Waals surface area contributed by atoms with Crippen molar-refractivity contribution in [2.24, 2.45) is 0 Å². The molecule has 1 heterocycles. The zero-order valence-electron chi connectivity index (χ0n) is 12.6. The second-order valence-corrected chi connectivity index (χ2v) is 17.1. The topological polar surface area (TPSA) is 12.9 Å². The number of rotatable bonds is 3. The van der Waals surface area contributed by atoms with Crippen LogP contribution in [0.1, 0.15) is 25.3 Å². The van der Waals surface area contributed by atoms with Gasteiger partial charge in [-0.1, -0.05) is 0 Å². The van der Waals surface area contributed by atoms with Gasteiger partial charge in [-0.25, -0.2) is 0 Å². The average Bonchev–Trinajstić information content (AvgIpc) is 2.38. The Bertz CT molecular complexity index is 533. The molecular weight excluding hydrogens is 291 g/mol. The van der Waals surface area contributed by atoms with Crippen LogP contribution >= 0.6 is 0 Å². The molecule has 0 atom stereocenters. The third kappa shape index (κ3) is 3.47. The predicted molar refractivity (Wildman–Crippen MR) is 86.7 cm³/mol. The van der Waals surface area contributed by atoms with Gasteiger partial charge in [0.1, 0.15) is 0 Å². The van der Waals surface area contributed by atoms with Crippen molar-refractivity contribution in [1.82, 2.24) is 4.98 Å².